The number of amides is 1. The van der Waals surface area contributed by atoms with Gasteiger partial charge in [0.25, 0.3) is 5.91 Å². The number of aryl methyl sites for hydroxylation is 1. The van der Waals surface area contributed by atoms with Crippen molar-refractivity contribution in [1.29, 1.82) is 0 Å². The summed E-state index contributed by atoms with van der Waals surface area (Å²) >= 11 is 5.96. The number of halogens is 1. The molecule has 0 spiro atoms. The quantitative estimate of drug-likeness (QED) is 0.624. The fourth-order valence-electron chi connectivity index (χ4n) is 3.83. The van der Waals surface area contributed by atoms with Crippen LogP contribution in [0.5, 0.6) is 0 Å². The lowest BCUT2D eigenvalue weighted by Crippen LogP contribution is -2.48. The minimum Gasteiger partial charge on any atom is -0.369 e. The molecule has 0 bridgehead atoms. The Balaban J connectivity index is 1.33. The van der Waals surface area contributed by atoms with E-state index in [1.54, 1.807) is 35.9 Å². The molecule has 7 nitrogen and oxygen atoms in total. The Morgan fingerprint density at radius 2 is 1.69 bits per heavy atom. The number of piperazine rings is 1. The second kappa shape index (κ2) is 9.97. The minimum atomic E-state index is -0.458. The first-order valence-corrected chi connectivity index (χ1v) is 11.1. The molecule has 8 heteroatoms. The van der Waals surface area contributed by atoms with Crippen molar-refractivity contribution in [3.63, 3.8) is 0 Å². The van der Waals surface area contributed by atoms with Gasteiger partial charge in [0.05, 0.1) is 5.69 Å². The van der Waals surface area contributed by atoms with Gasteiger partial charge in [-0.25, -0.2) is 4.68 Å². The Bertz CT molecular complexity index is 1120. The molecule has 4 rings (SSSR count). The van der Waals surface area contributed by atoms with Gasteiger partial charge in [0.15, 0.2) is 5.69 Å². The molecule has 0 unspecified atom stereocenters. The van der Waals surface area contributed by atoms with Gasteiger partial charge in [-0.1, -0.05) is 29.8 Å². The number of para-hydroxylation sites is 1. The first kappa shape index (κ1) is 22.0. The second-order valence-electron chi connectivity index (χ2n) is 7.81. The van der Waals surface area contributed by atoms with E-state index in [0.29, 0.717) is 17.3 Å². The number of benzene rings is 2. The largest absolute Gasteiger partial charge is 0.369 e. The monoisotopic (exact) mass is 451 g/mol. The number of aromatic nitrogens is 2. The van der Waals surface area contributed by atoms with Crippen molar-refractivity contribution in [2.45, 2.75) is 6.92 Å². The van der Waals surface area contributed by atoms with Gasteiger partial charge in [-0.2, -0.15) is 5.10 Å². The van der Waals surface area contributed by atoms with Crippen LogP contribution >= 0.6 is 11.6 Å². The van der Waals surface area contributed by atoms with Gasteiger partial charge < -0.3 is 10.2 Å². The molecular formula is C24H26ClN5O2. The number of nitrogens with one attached hydrogen (secondary N) is 1. The van der Waals surface area contributed by atoms with Crippen LogP contribution in [0.15, 0.2) is 65.5 Å². The summed E-state index contributed by atoms with van der Waals surface area (Å²) in [5.74, 6) is -0.458. The highest BCUT2D eigenvalue weighted by atomic mass is 35.5. The van der Waals surface area contributed by atoms with Crippen LogP contribution in [0.1, 0.15) is 16.2 Å². The average Bonchev–Trinajstić information content (AvgIpc) is 2.81. The Morgan fingerprint density at radius 1 is 1.00 bits per heavy atom. The second-order valence-corrected chi connectivity index (χ2v) is 8.24. The summed E-state index contributed by atoms with van der Waals surface area (Å²) in [6, 6.07) is 18.9. The molecule has 0 aliphatic carbocycles. The smallest absolute Gasteiger partial charge is 0.275 e. The summed E-state index contributed by atoms with van der Waals surface area (Å²) in [6.45, 7) is 6.71. The predicted molar refractivity (Wildman–Crippen MR) is 127 cm³/mol. The maximum absolute atomic E-state index is 12.7. The molecule has 1 aliphatic rings. The maximum Gasteiger partial charge on any atom is 0.275 e. The zero-order valence-corrected chi connectivity index (χ0v) is 18.8. The van der Waals surface area contributed by atoms with E-state index in [2.05, 4.69) is 44.5 Å². The number of carbonyl (C=O) groups is 1. The summed E-state index contributed by atoms with van der Waals surface area (Å²) < 4.78 is 1.58. The van der Waals surface area contributed by atoms with Gasteiger partial charge in [-0.05, 0) is 43.3 Å². The van der Waals surface area contributed by atoms with Crippen LogP contribution in [0.3, 0.4) is 0 Å². The molecule has 2 aromatic carbocycles. The molecule has 1 amide bonds. The van der Waals surface area contributed by atoms with E-state index in [9.17, 15) is 9.59 Å². The summed E-state index contributed by atoms with van der Waals surface area (Å²) in [4.78, 5) is 29.7. The highest BCUT2D eigenvalue weighted by Crippen LogP contribution is 2.15. The van der Waals surface area contributed by atoms with Crippen molar-refractivity contribution in [3.05, 3.63) is 87.3 Å². The lowest BCUT2D eigenvalue weighted by atomic mass is 10.2. The lowest BCUT2D eigenvalue weighted by molar-refractivity contribution is 0.0940. The summed E-state index contributed by atoms with van der Waals surface area (Å²) in [7, 11) is 0. The summed E-state index contributed by atoms with van der Waals surface area (Å²) in [5, 5.41) is 7.76. The van der Waals surface area contributed by atoms with Crippen molar-refractivity contribution in [3.8, 4) is 5.69 Å². The van der Waals surface area contributed by atoms with Gasteiger partial charge >= 0.3 is 0 Å². The van der Waals surface area contributed by atoms with Gasteiger partial charge in [0, 0.05) is 61.7 Å². The fraction of sp³-hybridized carbons (Fsp3) is 0.292. The van der Waals surface area contributed by atoms with E-state index in [1.807, 2.05) is 6.07 Å². The molecule has 1 N–H and O–H groups in total. The minimum absolute atomic E-state index is 0.112. The summed E-state index contributed by atoms with van der Waals surface area (Å²) in [5.41, 5.74) is 2.12. The third-order valence-electron chi connectivity index (χ3n) is 5.60. The number of anilines is 1. The van der Waals surface area contributed by atoms with Crippen molar-refractivity contribution in [1.82, 2.24) is 20.0 Å². The number of rotatable bonds is 6. The van der Waals surface area contributed by atoms with E-state index in [-0.39, 0.29) is 11.1 Å². The first-order chi connectivity index (χ1) is 15.5. The molecule has 1 aliphatic heterocycles. The molecule has 0 saturated carbocycles. The topological polar surface area (TPSA) is 70.5 Å². The highest BCUT2D eigenvalue weighted by molar-refractivity contribution is 6.30. The number of hydrogen-bond acceptors (Lipinski definition) is 5. The Kier molecular flexibility index (Phi) is 6.87. The van der Waals surface area contributed by atoms with Crippen LogP contribution in [0.25, 0.3) is 5.69 Å². The van der Waals surface area contributed by atoms with E-state index >= 15 is 0 Å². The molecule has 0 radical (unpaired) electrons. The third kappa shape index (κ3) is 5.18. The average molecular weight is 452 g/mol. The van der Waals surface area contributed by atoms with Crippen molar-refractivity contribution < 1.29 is 4.79 Å². The van der Waals surface area contributed by atoms with Crippen LogP contribution in [0.4, 0.5) is 5.69 Å². The number of nitrogens with zero attached hydrogens (tertiary/aromatic N) is 4. The van der Waals surface area contributed by atoms with Crippen LogP contribution < -0.4 is 15.6 Å². The molecule has 166 valence electrons. The van der Waals surface area contributed by atoms with Crippen LogP contribution in [-0.4, -0.2) is 59.9 Å². The molecule has 32 heavy (non-hydrogen) atoms. The van der Waals surface area contributed by atoms with E-state index in [0.717, 1.165) is 38.4 Å². The van der Waals surface area contributed by atoms with Crippen LogP contribution in [0.2, 0.25) is 5.02 Å². The Morgan fingerprint density at radius 3 is 2.38 bits per heavy atom. The third-order valence-corrected chi connectivity index (χ3v) is 5.85. The van der Waals surface area contributed by atoms with Crippen molar-refractivity contribution >= 4 is 23.2 Å². The van der Waals surface area contributed by atoms with Gasteiger partial charge in [-0.3, -0.25) is 14.5 Å². The number of carbonyl (C=O) groups excluding carboxylic acids is 1. The number of hydrogen-bond donors (Lipinski definition) is 1. The normalized spacial score (nSPS) is 14.4. The summed E-state index contributed by atoms with van der Waals surface area (Å²) in [6.07, 6.45) is 0. The van der Waals surface area contributed by atoms with E-state index in [4.69, 9.17) is 11.6 Å². The van der Waals surface area contributed by atoms with Gasteiger partial charge in [0.1, 0.15) is 0 Å². The maximum atomic E-state index is 12.7. The van der Waals surface area contributed by atoms with Crippen molar-refractivity contribution in [2.75, 3.05) is 44.2 Å². The SMILES string of the molecule is Cc1cc(=O)c(C(=O)NCCN2CCN(c3ccccc3)CC2)nn1-c1ccc(Cl)cc1. The molecular weight excluding hydrogens is 426 g/mol. The first-order valence-electron chi connectivity index (χ1n) is 10.7. The lowest BCUT2D eigenvalue weighted by Gasteiger charge is -2.36. The molecule has 3 aromatic rings. The van der Waals surface area contributed by atoms with Gasteiger partial charge in [0.2, 0.25) is 5.43 Å². The molecule has 1 fully saturated rings. The Labute approximate surface area is 192 Å². The standard InChI is InChI=1S/C24H26ClN5O2/c1-18-17-22(31)23(27-30(18)21-9-7-19(25)8-10-21)24(32)26-11-12-28-13-15-29(16-14-28)20-5-3-2-4-6-20/h2-10,17H,11-16H2,1H3,(H,26,32). The molecule has 0 atom stereocenters. The molecule has 1 aromatic heterocycles. The highest BCUT2D eigenvalue weighted by Gasteiger charge is 2.18. The fourth-order valence-corrected chi connectivity index (χ4v) is 3.95. The van der Waals surface area contributed by atoms with Crippen LogP contribution in [-0.2, 0) is 0 Å². The van der Waals surface area contributed by atoms with Crippen molar-refractivity contribution in [2.24, 2.45) is 0 Å². The predicted octanol–water partition coefficient (Wildman–Crippen LogP) is 2.75. The van der Waals surface area contributed by atoms with Crippen LogP contribution in [0, 0.1) is 6.92 Å². The van der Waals surface area contributed by atoms with Gasteiger partial charge in [-0.15, -0.1) is 0 Å². The Hall–Kier alpha value is -3.16. The molecule has 2 heterocycles. The van der Waals surface area contributed by atoms with E-state index in [1.165, 1.54) is 11.8 Å². The zero-order valence-electron chi connectivity index (χ0n) is 18.0. The molecule has 1 saturated heterocycles. The zero-order chi connectivity index (χ0) is 22.5. The van der Waals surface area contributed by atoms with E-state index < -0.39 is 5.91 Å².